The van der Waals surface area contributed by atoms with E-state index in [4.69, 9.17) is 5.11 Å². The quantitative estimate of drug-likeness (QED) is 0.381. The minimum absolute atomic E-state index is 0. The Morgan fingerprint density at radius 2 is 1.89 bits per heavy atom. The molecule has 0 aliphatic carbocycles. The smallest absolute Gasteiger partial charge is 0.221 e. The van der Waals surface area contributed by atoms with Crippen molar-refractivity contribution in [3.8, 4) is 0 Å². The van der Waals surface area contributed by atoms with Crippen molar-refractivity contribution in [1.29, 1.82) is 0 Å². The Morgan fingerprint density at radius 1 is 1.44 bits per heavy atom. The van der Waals surface area contributed by atoms with Crippen molar-refractivity contribution in [2.75, 3.05) is 34.0 Å². The van der Waals surface area contributed by atoms with E-state index in [0.717, 1.165) is 0 Å². The van der Waals surface area contributed by atoms with Gasteiger partial charge in [0.2, 0.25) is 6.80 Å². The molecule has 0 aromatic heterocycles. The lowest BCUT2D eigenvalue weighted by molar-refractivity contribution is -0.903. The van der Waals surface area contributed by atoms with Crippen molar-refractivity contribution in [1.82, 2.24) is 0 Å². The van der Waals surface area contributed by atoms with Crippen molar-refractivity contribution in [2.24, 2.45) is 0 Å². The highest BCUT2D eigenvalue weighted by Crippen LogP contribution is 1.93. The van der Waals surface area contributed by atoms with E-state index in [9.17, 15) is 4.39 Å². The zero-order valence-corrected chi connectivity index (χ0v) is 7.36. The molecule has 58 valence electrons. The van der Waals surface area contributed by atoms with Gasteiger partial charge in [0.1, 0.15) is 6.54 Å². The third kappa shape index (κ3) is 6.21. The van der Waals surface area contributed by atoms with Gasteiger partial charge in [-0.1, -0.05) is 0 Å². The summed E-state index contributed by atoms with van der Waals surface area (Å²) < 4.78 is 12.1. The maximum Gasteiger partial charge on any atom is 0.221 e. The van der Waals surface area contributed by atoms with E-state index in [0.29, 0.717) is 6.54 Å². The van der Waals surface area contributed by atoms with Gasteiger partial charge in [0, 0.05) is 0 Å². The topological polar surface area (TPSA) is 20.2 Å². The molecule has 0 aromatic carbocycles. The van der Waals surface area contributed by atoms with Crippen LogP contribution in [0.4, 0.5) is 4.39 Å². The summed E-state index contributed by atoms with van der Waals surface area (Å²) in [6, 6.07) is 0. The maximum absolute atomic E-state index is 11.8. The van der Waals surface area contributed by atoms with Gasteiger partial charge in [-0.05, 0) is 0 Å². The van der Waals surface area contributed by atoms with Crippen molar-refractivity contribution in [2.45, 2.75) is 0 Å². The lowest BCUT2D eigenvalue weighted by Gasteiger charge is -2.24. The molecule has 0 atom stereocenters. The van der Waals surface area contributed by atoms with E-state index in [-0.39, 0.29) is 28.1 Å². The van der Waals surface area contributed by atoms with E-state index in [2.05, 4.69) is 0 Å². The second kappa shape index (κ2) is 5.14. The Kier molecular flexibility index (Phi) is 6.88. The van der Waals surface area contributed by atoms with Crippen LogP contribution in [-0.2, 0) is 0 Å². The van der Waals surface area contributed by atoms with Gasteiger partial charge in [-0.15, -0.1) is 0 Å². The summed E-state index contributed by atoms with van der Waals surface area (Å²) in [5, 5.41) is 8.35. The van der Waals surface area contributed by atoms with Gasteiger partial charge >= 0.3 is 0 Å². The van der Waals surface area contributed by atoms with E-state index < -0.39 is 6.80 Å². The molecule has 0 rings (SSSR count). The summed E-state index contributed by atoms with van der Waals surface area (Å²) in [4.78, 5) is 0. The first kappa shape index (κ1) is 12.0. The highest BCUT2D eigenvalue weighted by atomic mass is 79.9. The molecule has 0 heterocycles. The van der Waals surface area contributed by atoms with Crippen LogP contribution in [0, 0.1) is 0 Å². The molecule has 0 aliphatic rings. The Labute approximate surface area is 65.6 Å². The number of halogens is 2. The van der Waals surface area contributed by atoms with Crippen LogP contribution in [0.2, 0.25) is 0 Å². The highest BCUT2D eigenvalue weighted by Gasteiger charge is 2.11. The largest absolute Gasteiger partial charge is 1.00 e. The molecule has 0 aliphatic heterocycles. The van der Waals surface area contributed by atoms with Crippen LogP contribution < -0.4 is 17.0 Å². The molecule has 0 unspecified atom stereocenters. The molecule has 1 N–H and O–H groups in total. The predicted octanol–water partition coefficient (Wildman–Crippen LogP) is -3.01. The number of nitrogens with zero attached hydrogens (tertiary/aromatic N) is 1. The number of likely N-dealkylation sites (N-methyl/N-ethyl adjacent to an activating group) is 1. The fourth-order valence-electron chi connectivity index (χ4n) is 0.330. The van der Waals surface area contributed by atoms with E-state index in [1.165, 1.54) is 0 Å². The van der Waals surface area contributed by atoms with Gasteiger partial charge in [0.05, 0.1) is 20.7 Å². The number of rotatable bonds is 3. The lowest BCUT2D eigenvalue weighted by atomic mass is 10.5. The van der Waals surface area contributed by atoms with E-state index in [1.54, 1.807) is 14.1 Å². The van der Waals surface area contributed by atoms with Crippen LogP contribution in [0.5, 0.6) is 0 Å². The minimum Gasteiger partial charge on any atom is -1.00 e. The predicted molar refractivity (Wildman–Crippen MR) is 30.0 cm³/mol. The molecule has 0 fully saturated rings. The zero-order chi connectivity index (χ0) is 6.62. The fraction of sp³-hybridized carbons (Fsp3) is 1.00. The number of hydrogen-bond acceptors (Lipinski definition) is 1. The molecule has 0 bridgehead atoms. The second-order valence-corrected chi connectivity index (χ2v) is 2.50. The Bertz CT molecular complexity index is 70.0. The summed E-state index contributed by atoms with van der Waals surface area (Å²) in [6.07, 6.45) is 0. The molecule has 0 saturated carbocycles. The van der Waals surface area contributed by atoms with Crippen molar-refractivity contribution in [3.05, 3.63) is 0 Å². The van der Waals surface area contributed by atoms with Crippen LogP contribution in [0.15, 0.2) is 0 Å². The van der Waals surface area contributed by atoms with Gasteiger partial charge in [0.25, 0.3) is 0 Å². The molecule has 2 nitrogen and oxygen atoms in total. The average molecular weight is 201 g/mol. The Morgan fingerprint density at radius 3 is 2.00 bits per heavy atom. The summed E-state index contributed by atoms with van der Waals surface area (Å²) in [5.41, 5.74) is 0. The molecular weight excluding hydrogens is 188 g/mol. The summed E-state index contributed by atoms with van der Waals surface area (Å²) in [7, 11) is 3.46. The lowest BCUT2D eigenvalue weighted by Crippen LogP contribution is -3.00. The first-order chi connectivity index (χ1) is 3.62. The van der Waals surface area contributed by atoms with Gasteiger partial charge in [0.15, 0.2) is 0 Å². The van der Waals surface area contributed by atoms with Crippen molar-refractivity contribution >= 4 is 0 Å². The molecule has 0 amide bonds. The summed E-state index contributed by atoms with van der Waals surface area (Å²) >= 11 is 0. The molecule has 4 heteroatoms. The fourth-order valence-corrected chi connectivity index (χ4v) is 0.330. The van der Waals surface area contributed by atoms with Crippen molar-refractivity contribution < 1.29 is 31.0 Å². The number of quaternary nitrogens is 1. The van der Waals surface area contributed by atoms with Crippen LogP contribution in [0.1, 0.15) is 0 Å². The van der Waals surface area contributed by atoms with Gasteiger partial charge in [-0.25, -0.2) is 0 Å². The summed E-state index contributed by atoms with van der Waals surface area (Å²) in [5.74, 6) is 0. The number of hydrogen-bond donors (Lipinski definition) is 1. The Balaban J connectivity index is 0. The SMILES string of the molecule is C[N+](C)(C[18F])CCO.[Br-]. The third-order valence-electron chi connectivity index (χ3n) is 1.03. The first-order valence-corrected chi connectivity index (χ1v) is 2.61. The number of aliphatic hydroxyl groups excluding tert-OH is 1. The zero-order valence-electron chi connectivity index (χ0n) is 5.77. The molecule has 0 aromatic rings. The first-order valence-electron chi connectivity index (χ1n) is 2.61. The maximum atomic E-state index is 11.8. The number of alkyl halides is 1. The van der Waals surface area contributed by atoms with Crippen molar-refractivity contribution in [3.63, 3.8) is 0 Å². The minimum atomic E-state index is -0.416. The molecule has 0 spiro atoms. The third-order valence-corrected chi connectivity index (χ3v) is 1.03. The molecule has 0 radical (unpaired) electrons. The normalized spacial score (nSPS) is 10.7. The van der Waals surface area contributed by atoms with Crippen LogP contribution in [0.25, 0.3) is 0 Å². The second-order valence-electron chi connectivity index (χ2n) is 2.50. The van der Waals surface area contributed by atoms with Gasteiger partial charge in [-0.3, -0.25) is 0 Å². The molecule has 0 saturated heterocycles. The summed E-state index contributed by atoms with van der Waals surface area (Å²) in [6.45, 7) is 0.119. The number of aliphatic hydroxyl groups is 1. The standard InChI is InChI=1S/C5H13FNO.BrH/c1-7(2,5-6)3-4-8;/h8H,3-5H2,1-2H3;1H/q+1;/p-1/i6-1;. The average Bonchev–Trinajstić information content (AvgIpc) is 1.67. The monoisotopic (exact) mass is 200 g/mol. The van der Waals surface area contributed by atoms with Gasteiger partial charge < -0.3 is 26.6 Å². The van der Waals surface area contributed by atoms with Crippen LogP contribution in [-0.4, -0.2) is 43.6 Å². The van der Waals surface area contributed by atoms with Gasteiger partial charge in [-0.2, -0.15) is 4.39 Å². The van der Waals surface area contributed by atoms with E-state index >= 15 is 0 Å². The van der Waals surface area contributed by atoms with Crippen LogP contribution in [0.3, 0.4) is 0 Å². The van der Waals surface area contributed by atoms with E-state index in [1.807, 2.05) is 0 Å². The molecule has 9 heavy (non-hydrogen) atoms. The highest BCUT2D eigenvalue weighted by molar-refractivity contribution is 4.21. The molecular formula is C5H13BrFNO. The van der Waals surface area contributed by atoms with Crippen LogP contribution >= 0.6 is 0 Å². The Hall–Kier alpha value is 0.330.